The van der Waals surface area contributed by atoms with Crippen LogP contribution >= 0.6 is 23.2 Å². The molecule has 1 N–H and O–H groups in total. The second kappa shape index (κ2) is 6.75. The minimum absolute atomic E-state index is 0.148. The Kier molecular flexibility index (Phi) is 4.82. The van der Waals surface area contributed by atoms with Gasteiger partial charge >= 0.3 is 0 Å². The van der Waals surface area contributed by atoms with Crippen molar-refractivity contribution in [2.24, 2.45) is 0 Å². The summed E-state index contributed by atoms with van der Waals surface area (Å²) in [6, 6.07) is 15.5. The highest BCUT2D eigenvalue weighted by Gasteiger charge is 2.17. The van der Waals surface area contributed by atoms with Crippen LogP contribution in [0.3, 0.4) is 0 Å². The molecule has 3 rings (SSSR count). The summed E-state index contributed by atoms with van der Waals surface area (Å²) in [7, 11) is -3.76. The number of halogens is 2. The van der Waals surface area contributed by atoms with Gasteiger partial charge in [0.2, 0.25) is 0 Å². The third kappa shape index (κ3) is 3.54. The minimum Gasteiger partial charge on any atom is -0.319 e. The van der Waals surface area contributed by atoms with E-state index in [2.05, 4.69) is 9.29 Å². The number of nitrogens with zero attached hydrogens (tertiary/aromatic N) is 1. The molecule has 7 heteroatoms. The third-order valence-corrected chi connectivity index (χ3v) is 6.07. The van der Waals surface area contributed by atoms with E-state index in [9.17, 15) is 8.42 Å². The Morgan fingerprint density at radius 2 is 1.48 bits per heavy atom. The summed E-state index contributed by atoms with van der Waals surface area (Å²) in [5.41, 5.74) is 3.31. The van der Waals surface area contributed by atoms with Gasteiger partial charge in [0.25, 0.3) is 10.0 Å². The summed E-state index contributed by atoms with van der Waals surface area (Å²) < 4.78 is 29.7. The van der Waals surface area contributed by atoms with Crippen LogP contribution in [0.25, 0.3) is 5.69 Å². The monoisotopic (exact) mass is 394 g/mol. The molecule has 0 aliphatic rings. The summed E-state index contributed by atoms with van der Waals surface area (Å²) >= 11 is 12.0. The standard InChI is InChI=1S/C18H16Cl2N2O2S/c1-12-6-7-13(2)22(12)14-8-10-15(11-9-14)25(23,24)21-17-5-3-4-16(19)18(17)20/h3-11,21H,1-2H3. The van der Waals surface area contributed by atoms with Crippen LogP contribution in [0.5, 0.6) is 0 Å². The van der Waals surface area contributed by atoms with E-state index in [1.165, 1.54) is 0 Å². The van der Waals surface area contributed by atoms with Gasteiger partial charge in [-0.2, -0.15) is 0 Å². The van der Waals surface area contributed by atoms with Gasteiger partial charge in [0.1, 0.15) is 0 Å². The molecule has 1 aromatic heterocycles. The SMILES string of the molecule is Cc1ccc(C)n1-c1ccc(S(=O)(=O)Nc2cccc(Cl)c2Cl)cc1. The molecule has 0 saturated carbocycles. The molecule has 0 amide bonds. The van der Waals surface area contributed by atoms with Gasteiger partial charge in [0.05, 0.1) is 20.6 Å². The van der Waals surface area contributed by atoms with Gasteiger partial charge in [0.15, 0.2) is 0 Å². The van der Waals surface area contributed by atoms with Gasteiger partial charge in [-0.1, -0.05) is 29.3 Å². The second-order valence-electron chi connectivity index (χ2n) is 5.65. The van der Waals surface area contributed by atoms with Crippen LogP contribution in [-0.2, 0) is 10.0 Å². The van der Waals surface area contributed by atoms with Crippen LogP contribution in [0.15, 0.2) is 59.5 Å². The second-order valence-corrected chi connectivity index (χ2v) is 8.12. The van der Waals surface area contributed by atoms with Crippen molar-refractivity contribution in [2.45, 2.75) is 18.7 Å². The Morgan fingerprint density at radius 1 is 0.880 bits per heavy atom. The Morgan fingerprint density at radius 3 is 2.08 bits per heavy atom. The lowest BCUT2D eigenvalue weighted by atomic mass is 10.3. The number of sulfonamides is 1. The lowest BCUT2D eigenvalue weighted by Gasteiger charge is -2.12. The van der Waals surface area contributed by atoms with Gasteiger partial charge in [0, 0.05) is 17.1 Å². The van der Waals surface area contributed by atoms with E-state index in [1.54, 1.807) is 42.5 Å². The molecule has 1 heterocycles. The fraction of sp³-hybridized carbons (Fsp3) is 0.111. The van der Waals surface area contributed by atoms with E-state index in [4.69, 9.17) is 23.2 Å². The first-order valence-electron chi connectivity index (χ1n) is 7.52. The maximum absolute atomic E-state index is 12.6. The van der Waals surface area contributed by atoms with Crippen LogP contribution in [0, 0.1) is 13.8 Å². The third-order valence-electron chi connectivity index (χ3n) is 3.87. The van der Waals surface area contributed by atoms with Crippen molar-refractivity contribution in [2.75, 3.05) is 4.72 Å². The largest absolute Gasteiger partial charge is 0.319 e. The van der Waals surface area contributed by atoms with Gasteiger partial charge in [-0.15, -0.1) is 0 Å². The van der Waals surface area contributed by atoms with Gasteiger partial charge < -0.3 is 4.57 Å². The number of hydrogen-bond acceptors (Lipinski definition) is 2. The molecule has 0 spiro atoms. The molecular formula is C18H16Cl2N2O2S. The van der Waals surface area contributed by atoms with E-state index in [-0.39, 0.29) is 20.6 Å². The molecule has 0 aliphatic heterocycles. The first kappa shape index (κ1) is 17.9. The summed E-state index contributed by atoms with van der Waals surface area (Å²) in [4.78, 5) is 0.148. The molecule has 3 aromatic rings. The lowest BCUT2D eigenvalue weighted by Crippen LogP contribution is -2.13. The molecule has 0 fully saturated rings. The zero-order valence-corrected chi connectivity index (χ0v) is 16.0. The zero-order valence-electron chi connectivity index (χ0n) is 13.6. The highest BCUT2D eigenvalue weighted by molar-refractivity contribution is 7.92. The van der Waals surface area contributed by atoms with E-state index in [0.29, 0.717) is 0 Å². The van der Waals surface area contributed by atoms with Crippen LogP contribution in [0.4, 0.5) is 5.69 Å². The Labute approximate surface area is 157 Å². The first-order chi connectivity index (χ1) is 11.8. The van der Waals surface area contributed by atoms with Crippen molar-refractivity contribution < 1.29 is 8.42 Å². The number of nitrogens with one attached hydrogen (secondary N) is 1. The summed E-state index contributed by atoms with van der Waals surface area (Å²) in [5.74, 6) is 0. The van der Waals surface area contributed by atoms with Gasteiger partial charge in [-0.3, -0.25) is 4.72 Å². The number of benzene rings is 2. The van der Waals surface area contributed by atoms with Crippen LogP contribution in [0.1, 0.15) is 11.4 Å². The number of aryl methyl sites for hydroxylation is 2. The molecule has 0 bridgehead atoms. The summed E-state index contributed by atoms with van der Waals surface area (Å²) in [6.07, 6.45) is 0. The lowest BCUT2D eigenvalue weighted by molar-refractivity contribution is 0.601. The van der Waals surface area contributed by atoms with Crippen molar-refractivity contribution in [3.63, 3.8) is 0 Å². The van der Waals surface area contributed by atoms with E-state index < -0.39 is 10.0 Å². The molecule has 4 nitrogen and oxygen atoms in total. The van der Waals surface area contributed by atoms with Gasteiger partial charge in [-0.05, 0) is 62.4 Å². The average Bonchev–Trinajstić information content (AvgIpc) is 2.91. The van der Waals surface area contributed by atoms with Crippen LogP contribution in [0.2, 0.25) is 10.0 Å². The summed E-state index contributed by atoms with van der Waals surface area (Å²) in [6.45, 7) is 4.00. The van der Waals surface area contributed by atoms with Crippen molar-refractivity contribution in [1.82, 2.24) is 4.57 Å². The van der Waals surface area contributed by atoms with E-state index in [0.717, 1.165) is 17.1 Å². The predicted molar refractivity (Wildman–Crippen MR) is 103 cm³/mol. The molecular weight excluding hydrogens is 379 g/mol. The Bertz CT molecular complexity index is 1010. The molecule has 25 heavy (non-hydrogen) atoms. The summed E-state index contributed by atoms with van der Waals surface area (Å²) in [5, 5.41) is 0.457. The zero-order chi connectivity index (χ0) is 18.2. The van der Waals surface area contributed by atoms with Crippen LogP contribution in [-0.4, -0.2) is 13.0 Å². The fourth-order valence-electron chi connectivity index (χ4n) is 2.64. The van der Waals surface area contributed by atoms with Crippen molar-refractivity contribution in [1.29, 1.82) is 0 Å². The fourth-order valence-corrected chi connectivity index (χ4v) is 4.11. The highest BCUT2D eigenvalue weighted by atomic mass is 35.5. The maximum Gasteiger partial charge on any atom is 0.261 e. The van der Waals surface area contributed by atoms with Crippen LogP contribution < -0.4 is 4.72 Å². The smallest absolute Gasteiger partial charge is 0.261 e. The minimum atomic E-state index is -3.76. The number of aromatic nitrogens is 1. The number of hydrogen-bond donors (Lipinski definition) is 1. The van der Waals surface area contributed by atoms with Crippen molar-refractivity contribution >= 4 is 38.9 Å². The maximum atomic E-state index is 12.6. The molecule has 0 saturated heterocycles. The Balaban J connectivity index is 1.92. The predicted octanol–water partition coefficient (Wildman–Crippen LogP) is 5.20. The normalized spacial score (nSPS) is 11.5. The highest BCUT2D eigenvalue weighted by Crippen LogP contribution is 2.31. The van der Waals surface area contributed by atoms with Crippen molar-refractivity contribution in [3.05, 3.63) is 76.0 Å². The van der Waals surface area contributed by atoms with E-state index >= 15 is 0 Å². The molecule has 0 aliphatic carbocycles. The quantitative estimate of drug-likeness (QED) is 0.660. The van der Waals surface area contributed by atoms with E-state index in [1.807, 2.05) is 26.0 Å². The number of rotatable bonds is 4. The molecule has 2 aromatic carbocycles. The van der Waals surface area contributed by atoms with Gasteiger partial charge in [-0.25, -0.2) is 8.42 Å². The molecule has 0 radical (unpaired) electrons. The first-order valence-corrected chi connectivity index (χ1v) is 9.76. The molecule has 0 atom stereocenters. The Hall–Kier alpha value is -1.95. The molecule has 0 unspecified atom stereocenters. The topological polar surface area (TPSA) is 51.1 Å². The molecule has 130 valence electrons. The average molecular weight is 395 g/mol. The number of anilines is 1. The van der Waals surface area contributed by atoms with Crippen molar-refractivity contribution in [3.8, 4) is 5.69 Å².